The summed E-state index contributed by atoms with van der Waals surface area (Å²) in [4.78, 5) is 22.8. The van der Waals surface area contributed by atoms with E-state index in [1.165, 1.54) is 0 Å². The number of carbonyl (C=O) groups excluding carboxylic acids is 2. The van der Waals surface area contributed by atoms with Crippen molar-refractivity contribution in [2.24, 2.45) is 0 Å². The minimum Gasteiger partial charge on any atom is -0.466 e. The van der Waals surface area contributed by atoms with Gasteiger partial charge in [0.1, 0.15) is 0 Å². The van der Waals surface area contributed by atoms with Crippen LogP contribution in [0, 0.1) is 0 Å². The Morgan fingerprint density at radius 1 is 1.37 bits per heavy atom. The van der Waals surface area contributed by atoms with Gasteiger partial charge in [-0.1, -0.05) is 0 Å². The maximum absolute atomic E-state index is 11.7. The van der Waals surface area contributed by atoms with Crippen molar-refractivity contribution in [2.45, 2.75) is 19.8 Å². The summed E-state index contributed by atoms with van der Waals surface area (Å²) in [6.07, 6.45) is 1.89. The molecule has 2 aromatic rings. The van der Waals surface area contributed by atoms with E-state index in [4.69, 9.17) is 4.74 Å². The maximum atomic E-state index is 11.7. The molecular formula is C13H15N3O3. The summed E-state index contributed by atoms with van der Waals surface area (Å²) in [5.74, 6) is -0.571. The van der Waals surface area contributed by atoms with E-state index in [0.29, 0.717) is 12.3 Å². The van der Waals surface area contributed by atoms with Crippen LogP contribution in [-0.4, -0.2) is 28.7 Å². The zero-order valence-corrected chi connectivity index (χ0v) is 10.6. The quantitative estimate of drug-likeness (QED) is 0.804. The highest BCUT2D eigenvalue weighted by Crippen LogP contribution is 2.16. The molecule has 1 aromatic heterocycles. The van der Waals surface area contributed by atoms with Gasteiger partial charge in [0.15, 0.2) is 0 Å². The molecule has 19 heavy (non-hydrogen) atoms. The Kier molecular flexibility index (Phi) is 4.12. The van der Waals surface area contributed by atoms with Crippen LogP contribution in [0.1, 0.15) is 19.8 Å². The molecule has 0 aliphatic rings. The SMILES string of the molecule is CCOC(=O)CCC(=O)Nc1ccc2[nH]ncc2c1. The van der Waals surface area contributed by atoms with Crippen LogP contribution < -0.4 is 5.32 Å². The lowest BCUT2D eigenvalue weighted by Gasteiger charge is -2.05. The third-order valence-corrected chi connectivity index (χ3v) is 2.59. The molecule has 1 aromatic carbocycles. The van der Waals surface area contributed by atoms with Crippen LogP contribution in [-0.2, 0) is 14.3 Å². The van der Waals surface area contributed by atoms with Crippen molar-refractivity contribution in [2.75, 3.05) is 11.9 Å². The fourth-order valence-electron chi connectivity index (χ4n) is 1.69. The summed E-state index contributed by atoms with van der Waals surface area (Å²) < 4.78 is 4.76. The van der Waals surface area contributed by atoms with Gasteiger partial charge >= 0.3 is 5.97 Å². The number of H-pyrrole nitrogens is 1. The molecule has 0 radical (unpaired) electrons. The van der Waals surface area contributed by atoms with Gasteiger partial charge in [0.2, 0.25) is 5.91 Å². The van der Waals surface area contributed by atoms with E-state index in [1.54, 1.807) is 19.2 Å². The molecule has 2 rings (SSSR count). The molecule has 0 bridgehead atoms. The molecule has 6 heteroatoms. The molecule has 0 unspecified atom stereocenters. The Labute approximate surface area is 110 Å². The van der Waals surface area contributed by atoms with Gasteiger partial charge in [-0.15, -0.1) is 0 Å². The highest BCUT2D eigenvalue weighted by molar-refractivity contribution is 5.94. The molecule has 0 fully saturated rings. The monoisotopic (exact) mass is 261 g/mol. The van der Waals surface area contributed by atoms with E-state index in [2.05, 4.69) is 15.5 Å². The summed E-state index contributed by atoms with van der Waals surface area (Å²) in [5, 5.41) is 10.4. The standard InChI is InChI=1S/C13H15N3O3/c1-2-19-13(18)6-5-12(17)15-10-3-4-11-9(7-10)8-14-16-11/h3-4,7-8H,2,5-6H2,1H3,(H,14,16)(H,15,17). The van der Waals surface area contributed by atoms with Crippen LogP contribution in [0.2, 0.25) is 0 Å². The van der Waals surface area contributed by atoms with Gasteiger partial charge in [-0.2, -0.15) is 5.10 Å². The number of aromatic nitrogens is 2. The number of aromatic amines is 1. The minimum atomic E-state index is -0.358. The van der Waals surface area contributed by atoms with Gasteiger partial charge in [-0.05, 0) is 25.1 Å². The summed E-state index contributed by atoms with van der Waals surface area (Å²) in [6, 6.07) is 5.44. The Morgan fingerprint density at radius 2 is 2.21 bits per heavy atom. The third-order valence-electron chi connectivity index (χ3n) is 2.59. The van der Waals surface area contributed by atoms with E-state index >= 15 is 0 Å². The van der Waals surface area contributed by atoms with Gasteiger partial charge in [-0.3, -0.25) is 14.7 Å². The lowest BCUT2D eigenvalue weighted by atomic mass is 10.2. The summed E-state index contributed by atoms with van der Waals surface area (Å²) in [6.45, 7) is 2.07. The fourth-order valence-corrected chi connectivity index (χ4v) is 1.69. The van der Waals surface area contributed by atoms with Crippen molar-refractivity contribution in [1.29, 1.82) is 0 Å². The number of esters is 1. The largest absolute Gasteiger partial charge is 0.466 e. The second-order valence-electron chi connectivity index (χ2n) is 4.03. The van der Waals surface area contributed by atoms with E-state index in [1.807, 2.05) is 12.1 Å². The van der Waals surface area contributed by atoms with Crippen molar-refractivity contribution >= 4 is 28.5 Å². The van der Waals surface area contributed by atoms with Gasteiger partial charge in [-0.25, -0.2) is 0 Å². The second kappa shape index (κ2) is 5.99. The summed E-state index contributed by atoms with van der Waals surface area (Å²) in [5.41, 5.74) is 1.59. The number of carbonyl (C=O) groups is 2. The molecule has 0 aliphatic carbocycles. The molecule has 2 N–H and O–H groups in total. The Bertz CT molecular complexity index is 592. The van der Waals surface area contributed by atoms with Crippen molar-refractivity contribution in [1.82, 2.24) is 10.2 Å². The number of amides is 1. The van der Waals surface area contributed by atoms with Crippen LogP contribution in [0.15, 0.2) is 24.4 Å². The number of benzene rings is 1. The lowest BCUT2D eigenvalue weighted by molar-refractivity contribution is -0.144. The molecule has 100 valence electrons. The van der Waals surface area contributed by atoms with Crippen LogP contribution in [0.5, 0.6) is 0 Å². The highest BCUT2D eigenvalue weighted by Gasteiger charge is 2.08. The van der Waals surface area contributed by atoms with Gasteiger partial charge in [0.05, 0.1) is 24.7 Å². The van der Waals surface area contributed by atoms with Crippen LogP contribution in [0.25, 0.3) is 10.9 Å². The molecule has 0 saturated heterocycles. The van der Waals surface area contributed by atoms with E-state index in [0.717, 1.165) is 10.9 Å². The fraction of sp³-hybridized carbons (Fsp3) is 0.308. The summed E-state index contributed by atoms with van der Waals surface area (Å²) >= 11 is 0. The molecule has 0 saturated carbocycles. The van der Waals surface area contributed by atoms with Crippen molar-refractivity contribution in [3.8, 4) is 0 Å². The first kappa shape index (κ1) is 13.1. The lowest BCUT2D eigenvalue weighted by Crippen LogP contribution is -2.14. The van der Waals surface area contributed by atoms with E-state index < -0.39 is 0 Å². The topological polar surface area (TPSA) is 84.1 Å². The number of hydrogen-bond acceptors (Lipinski definition) is 4. The molecule has 0 spiro atoms. The Balaban J connectivity index is 1.89. The van der Waals surface area contributed by atoms with E-state index in [9.17, 15) is 9.59 Å². The number of nitrogens with zero attached hydrogens (tertiary/aromatic N) is 1. The maximum Gasteiger partial charge on any atom is 0.306 e. The molecule has 0 atom stereocenters. The molecule has 0 aliphatic heterocycles. The predicted molar refractivity (Wildman–Crippen MR) is 70.6 cm³/mol. The van der Waals surface area contributed by atoms with Crippen molar-refractivity contribution in [3.05, 3.63) is 24.4 Å². The molecule has 6 nitrogen and oxygen atoms in total. The predicted octanol–water partition coefficient (Wildman–Crippen LogP) is 1.84. The normalized spacial score (nSPS) is 10.4. The van der Waals surface area contributed by atoms with Gasteiger partial charge in [0.25, 0.3) is 0 Å². The number of hydrogen-bond donors (Lipinski definition) is 2. The first-order chi connectivity index (χ1) is 9.19. The average Bonchev–Trinajstić information content (AvgIpc) is 2.84. The second-order valence-corrected chi connectivity index (χ2v) is 4.03. The zero-order chi connectivity index (χ0) is 13.7. The van der Waals surface area contributed by atoms with Gasteiger partial charge < -0.3 is 10.1 Å². The minimum absolute atomic E-state index is 0.0909. The van der Waals surface area contributed by atoms with Gasteiger partial charge in [0, 0.05) is 17.5 Å². The molecule has 1 heterocycles. The Hall–Kier alpha value is -2.37. The van der Waals surface area contributed by atoms with Crippen LogP contribution >= 0.6 is 0 Å². The average molecular weight is 261 g/mol. The number of nitrogens with one attached hydrogen (secondary N) is 2. The number of fused-ring (bicyclic) bond motifs is 1. The third kappa shape index (κ3) is 3.54. The first-order valence-electron chi connectivity index (χ1n) is 6.07. The van der Waals surface area contributed by atoms with Crippen molar-refractivity contribution < 1.29 is 14.3 Å². The summed E-state index contributed by atoms with van der Waals surface area (Å²) in [7, 11) is 0. The molecular weight excluding hydrogens is 246 g/mol. The van der Waals surface area contributed by atoms with Crippen LogP contribution in [0.4, 0.5) is 5.69 Å². The Morgan fingerprint density at radius 3 is 3.00 bits per heavy atom. The number of anilines is 1. The van der Waals surface area contributed by atoms with Crippen molar-refractivity contribution in [3.63, 3.8) is 0 Å². The smallest absolute Gasteiger partial charge is 0.306 e. The number of rotatable bonds is 5. The van der Waals surface area contributed by atoms with E-state index in [-0.39, 0.29) is 24.7 Å². The number of ether oxygens (including phenoxy) is 1. The molecule has 1 amide bonds. The highest BCUT2D eigenvalue weighted by atomic mass is 16.5. The first-order valence-corrected chi connectivity index (χ1v) is 6.07. The van der Waals surface area contributed by atoms with Crippen LogP contribution in [0.3, 0.4) is 0 Å². The zero-order valence-electron chi connectivity index (χ0n) is 10.6.